The van der Waals surface area contributed by atoms with Crippen molar-refractivity contribution < 1.29 is 4.74 Å². The van der Waals surface area contributed by atoms with Gasteiger partial charge in [-0.25, -0.2) is 0 Å². The molecule has 3 nitrogen and oxygen atoms in total. The Morgan fingerprint density at radius 2 is 2.43 bits per heavy atom. The molecule has 1 aliphatic heterocycles. The fourth-order valence-corrected chi connectivity index (χ4v) is 2.00. The molecule has 0 aromatic rings. The number of nitrogens with one attached hydrogen (secondary N) is 1. The molecule has 0 fully saturated rings. The fraction of sp³-hybridized carbons (Fsp3) is 0.900. The number of hydrogen-bond donors (Lipinski definition) is 1. The Kier molecular flexibility index (Phi) is 6.87. The highest BCUT2D eigenvalue weighted by Crippen LogP contribution is 2.09. The summed E-state index contributed by atoms with van der Waals surface area (Å²) < 4.78 is 5.44. The number of amidine groups is 1. The van der Waals surface area contributed by atoms with Gasteiger partial charge in [0.15, 0.2) is 5.17 Å². The van der Waals surface area contributed by atoms with Crippen LogP contribution in [0, 0.1) is 0 Å². The first-order chi connectivity index (χ1) is 6.93. The van der Waals surface area contributed by atoms with Crippen molar-refractivity contribution in [2.75, 3.05) is 32.1 Å². The molecule has 0 bridgehead atoms. The second-order valence-corrected chi connectivity index (χ2v) is 4.37. The lowest BCUT2D eigenvalue weighted by Crippen LogP contribution is -2.27. The minimum absolute atomic E-state index is 0.791. The number of nitrogens with zero attached hydrogens (tertiary/aromatic N) is 1. The van der Waals surface area contributed by atoms with Gasteiger partial charge in [-0.15, -0.1) is 0 Å². The Balaban J connectivity index is 1.90. The molecule has 0 atom stereocenters. The standard InChI is InChI=1S/C10H20N2OS/c1-2-3-7-13-8-6-12-10-11-5-4-9-14-10/h2-9H2,1H3,(H,11,12). The Labute approximate surface area is 90.7 Å². The average Bonchev–Trinajstić information content (AvgIpc) is 2.25. The maximum atomic E-state index is 5.44. The normalized spacial score (nSPS) is 16.5. The SMILES string of the molecule is CCCCOCCNC1=NCCCS1. The molecule has 0 aromatic carbocycles. The maximum absolute atomic E-state index is 5.44. The molecule has 0 saturated carbocycles. The minimum Gasteiger partial charge on any atom is -0.380 e. The number of thioether (sulfide) groups is 1. The van der Waals surface area contributed by atoms with Crippen LogP contribution in [0.2, 0.25) is 0 Å². The van der Waals surface area contributed by atoms with E-state index in [0.29, 0.717) is 0 Å². The first-order valence-corrected chi connectivity index (χ1v) is 6.41. The van der Waals surface area contributed by atoms with E-state index < -0.39 is 0 Å². The molecule has 0 unspecified atom stereocenters. The summed E-state index contributed by atoms with van der Waals surface area (Å²) in [5.74, 6) is 1.20. The molecule has 1 N–H and O–H groups in total. The van der Waals surface area contributed by atoms with Gasteiger partial charge in [-0.3, -0.25) is 4.99 Å². The smallest absolute Gasteiger partial charge is 0.156 e. The van der Waals surface area contributed by atoms with Crippen molar-refractivity contribution >= 4 is 16.9 Å². The summed E-state index contributed by atoms with van der Waals surface area (Å²) in [5.41, 5.74) is 0. The molecular weight excluding hydrogens is 196 g/mol. The van der Waals surface area contributed by atoms with Crippen LogP contribution in [0.15, 0.2) is 4.99 Å². The summed E-state index contributed by atoms with van der Waals surface area (Å²) >= 11 is 1.81. The van der Waals surface area contributed by atoms with Crippen LogP contribution < -0.4 is 5.32 Å². The lowest BCUT2D eigenvalue weighted by atomic mass is 10.4. The predicted octanol–water partition coefficient (Wildman–Crippen LogP) is 1.89. The average molecular weight is 216 g/mol. The topological polar surface area (TPSA) is 33.6 Å². The van der Waals surface area contributed by atoms with Crippen LogP contribution in [0.5, 0.6) is 0 Å². The van der Waals surface area contributed by atoms with Crippen LogP contribution >= 0.6 is 11.8 Å². The largest absolute Gasteiger partial charge is 0.380 e. The first-order valence-electron chi connectivity index (χ1n) is 5.42. The zero-order valence-corrected chi connectivity index (χ0v) is 9.74. The Morgan fingerprint density at radius 1 is 1.50 bits per heavy atom. The van der Waals surface area contributed by atoms with E-state index in [1.165, 1.54) is 18.6 Å². The molecule has 0 saturated heterocycles. The van der Waals surface area contributed by atoms with Gasteiger partial charge in [0.05, 0.1) is 6.61 Å². The third kappa shape index (κ3) is 5.50. The van der Waals surface area contributed by atoms with Gasteiger partial charge < -0.3 is 10.1 Å². The molecule has 0 radical (unpaired) electrons. The van der Waals surface area contributed by atoms with Crippen molar-refractivity contribution in [2.24, 2.45) is 4.99 Å². The number of rotatable bonds is 6. The van der Waals surface area contributed by atoms with E-state index in [-0.39, 0.29) is 0 Å². The highest BCUT2D eigenvalue weighted by molar-refractivity contribution is 8.13. The van der Waals surface area contributed by atoms with Gasteiger partial charge in [-0.1, -0.05) is 25.1 Å². The number of ether oxygens (including phenoxy) is 1. The van der Waals surface area contributed by atoms with Crippen LogP contribution in [-0.2, 0) is 4.74 Å². The minimum atomic E-state index is 0.791. The molecule has 14 heavy (non-hydrogen) atoms. The summed E-state index contributed by atoms with van der Waals surface area (Å²) in [4.78, 5) is 4.38. The van der Waals surface area contributed by atoms with Crippen molar-refractivity contribution in [1.29, 1.82) is 0 Å². The lowest BCUT2D eigenvalue weighted by molar-refractivity contribution is 0.136. The third-order valence-electron chi connectivity index (χ3n) is 1.96. The Bertz CT molecular complexity index is 174. The van der Waals surface area contributed by atoms with Crippen LogP contribution in [0.1, 0.15) is 26.2 Å². The number of aliphatic imine (C=N–C) groups is 1. The van der Waals surface area contributed by atoms with E-state index in [2.05, 4.69) is 17.2 Å². The number of unbranched alkanes of at least 4 members (excludes halogenated alkanes) is 1. The van der Waals surface area contributed by atoms with Gasteiger partial charge in [0, 0.05) is 25.4 Å². The van der Waals surface area contributed by atoms with Gasteiger partial charge in [0.25, 0.3) is 0 Å². The van der Waals surface area contributed by atoms with Crippen molar-refractivity contribution in [3.8, 4) is 0 Å². The molecule has 0 aliphatic carbocycles. The van der Waals surface area contributed by atoms with Crippen molar-refractivity contribution in [3.63, 3.8) is 0 Å². The van der Waals surface area contributed by atoms with E-state index in [0.717, 1.165) is 37.9 Å². The molecule has 1 aliphatic rings. The van der Waals surface area contributed by atoms with Crippen molar-refractivity contribution in [1.82, 2.24) is 5.32 Å². The summed E-state index contributed by atoms with van der Waals surface area (Å²) in [6.07, 6.45) is 3.58. The van der Waals surface area contributed by atoms with E-state index in [1.807, 2.05) is 11.8 Å². The molecule has 82 valence electrons. The van der Waals surface area contributed by atoms with Crippen LogP contribution in [0.4, 0.5) is 0 Å². The van der Waals surface area contributed by atoms with Gasteiger partial charge >= 0.3 is 0 Å². The predicted molar refractivity (Wildman–Crippen MR) is 63.1 cm³/mol. The van der Waals surface area contributed by atoms with E-state index >= 15 is 0 Å². The highest BCUT2D eigenvalue weighted by atomic mass is 32.2. The zero-order valence-electron chi connectivity index (χ0n) is 8.92. The van der Waals surface area contributed by atoms with Crippen LogP contribution in [0.3, 0.4) is 0 Å². The second-order valence-electron chi connectivity index (χ2n) is 3.28. The zero-order chi connectivity index (χ0) is 10.1. The molecule has 1 rings (SSSR count). The van der Waals surface area contributed by atoms with Crippen LogP contribution in [0.25, 0.3) is 0 Å². The van der Waals surface area contributed by atoms with Gasteiger partial charge in [-0.2, -0.15) is 0 Å². The summed E-state index contributed by atoms with van der Waals surface area (Å²) in [7, 11) is 0. The molecular formula is C10H20N2OS. The van der Waals surface area contributed by atoms with E-state index in [4.69, 9.17) is 4.74 Å². The van der Waals surface area contributed by atoms with Crippen molar-refractivity contribution in [3.05, 3.63) is 0 Å². The quantitative estimate of drug-likeness (QED) is 0.688. The molecule has 4 heteroatoms. The first kappa shape index (κ1) is 11.9. The van der Waals surface area contributed by atoms with Gasteiger partial charge in [0.2, 0.25) is 0 Å². The van der Waals surface area contributed by atoms with Crippen LogP contribution in [-0.4, -0.2) is 37.2 Å². The van der Waals surface area contributed by atoms with Gasteiger partial charge in [-0.05, 0) is 12.8 Å². The molecule has 1 heterocycles. The molecule has 0 spiro atoms. The number of hydrogen-bond acceptors (Lipinski definition) is 4. The Morgan fingerprint density at radius 3 is 3.14 bits per heavy atom. The molecule has 0 aromatic heterocycles. The van der Waals surface area contributed by atoms with E-state index in [9.17, 15) is 0 Å². The highest BCUT2D eigenvalue weighted by Gasteiger charge is 2.03. The maximum Gasteiger partial charge on any atom is 0.156 e. The summed E-state index contributed by atoms with van der Waals surface area (Å²) in [5, 5.41) is 4.38. The second kappa shape index (κ2) is 8.12. The Hall–Kier alpha value is -0.220. The third-order valence-corrected chi connectivity index (χ3v) is 3.00. The lowest BCUT2D eigenvalue weighted by Gasteiger charge is -2.13. The fourth-order valence-electron chi connectivity index (χ4n) is 1.15. The van der Waals surface area contributed by atoms with Crippen molar-refractivity contribution in [2.45, 2.75) is 26.2 Å². The monoisotopic (exact) mass is 216 g/mol. The van der Waals surface area contributed by atoms with E-state index in [1.54, 1.807) is 0 Å². The van der Waals surface area contributed by atoms with Gasteiger partial charge in [0.1, 0.15) is 0 Å². The summed E-state index contributed by atoms with van der Waals surface area (Å²) in [6.45, 7) is 5.72. The summed E-state index contributed by atoms with van der Waals surface area (Å²) in [6, 6.07) is 0. The molecule has 0 amide bonds.